The number of hydrogen-bond donors (Lipinski definition) is 2. The van der Waals surface area contributed by atoms with E-state index in [0.717, 1.165) is 0 Å². The molecule has 0 saturated carbocycles. The second-order valence-corrected chi connectivity index (χ2v) is 3.93. The van der Waals surface area contributed by atoms with E-state index in [-0.39, 0.29) is 22.6 Å². The van der Waals surface area contributed by atoms with Crippen molar-refractivity contribution in [1.82, 2.24) is 0 Å². The molecular formula is C13H9FN4O2. The molecule has 0 atom stereocenters. The Kier molecular flexibility index (Phi) is 3.48. The largest absolute Gasteiger partial charge is 0.397 e. The van der Waals surface area contributed by atoms with Gasteiger partial charge in [-0.3, -0.25) is 10.1 Å². The Morgan fingerprint density at radius 2 is 2.05 bits per heavy atom. The van der Waals surface area contributed by atoms with E-state index in [1.807, 2.05) is 0 Å². The van der Waals surface area contributed by atoms with Crippen molar-refractivity contribution in [3.8, 4) is 6.07 Å². The van der Waals surface area contributed by atoms with Crippen LogP contribution in [0.2, 0.25) is 0 Å². The summed E-state index contributed by atoms with van der Waals surface area (Å²) < 4.78 is 13.4. The van der Waals surface area contributed by atoms with Gasteiger partial charge >= 0.3 is 0 Å². The highest BCUT2D eigenvalue weighted by Crippen LogP contribution is 2.29. The lowest BCUT2D eigenvalue weighted by atomic mass is 10.1. The molecule has 2 aromatic rings. The van der Waals surface area contributed by atoms with Crippen molar-refractivity contribution in [3.05, 3.63) is 57.9 Å². The summed E-state index contributed by atoms with van der Waals surface area (Å²) in [5.74, 6) is -0.655. The van der Waals surface area contributed by atoms with Gasteiger partial charge in [0, 0.05) is 12.1 Å². The van der Waals surface area contributed by atoms with Crippen LogP contribution in [0.15, 0.2) is 36.4 Å². The smallest absolute Gasteiger partial charge is 0.271 e. The average Bonchev–Trinajstić information content (AvgIpc) is 2.41. The van der Waals surface area contributed by atoms with Gasteiger partial charge in [-0.1, -0.05) is 6.07 Å². The van der Waals surface area contributed by atoms with Gasteiger partial charge in [0.15, 0.2) is 0 Å². The van der Waals surface area contributed by atoms with Crippen LogP contribution >= 0.6 is 0 Å². The fourth-order valence-electron chi connectivity index (χ4n) is 1.66. The minimum Gasteiger partial charge on any atom is -0.397 e. The summed E-state index contributed by atoms with van der Waals surface area (Å²) >= 11 is 0. The van der Waals surface area contributed by atoms with E-state index >= 15 is 0 Å². The van der Waals surface area contributed by atoms with Crippen LogP contribution in [0.25, 0.3) is 0 Å². The second-order valence-electron chi connectivity index (χ2n) is 3.93. The van der Waals surface area contributed by atoms with Crippen molar-refractivity contribution in [3.63, 3.8) is 0 Å². The quantitative estimate of drug-likeness (QED) is 0.507. The number of nitriles is 1. The highest BCUT2D eigenvalue weighted by atomic mass is 19.1. The summed E-state index contributed by atoms with van der Waals surface area (Å²) in [7, 11) is 0. The molecule has 6 nitrogen and oxygen atoms in total. The van der Waals surface area contributed by atoms with Crippen molar-refractivity contribution in [2.75, 3.05) is 11.1 Å². The Balaban J connectivity index is 2.39. The average molecular weight is 272 g/mol. The third-order valence-electron chi connectivity index (χ3n) is 2.64. The zero-order chi connectivity index (χ0) is 14.7. The van der Waals surface area contributed by atoms with E-state index in [2.05, 4.69) is 5.32 Å². The van der Waals surface area contributed by atoms with Gasteiger partial charge in [0.2, 0.25) is 0 Å². The fourth-order valence-corrected chi connectivity index (χ4v) is 1.66. The Bertz CT molecular complexity index is 725. The number of rotatable bonds is 3. The predicted molar refractivity (Wildman–Crippen MR) is 71.9 cm³/mol. The number of nitrogens with zero attached hydrogens (tertiary/aromatic N) is 2. The number of hydrogen-bond acceptors (Lipinski definition) is 5. The van der Waals surface area contributed by atoms with Crippen LogP contribution in [0.1, 0.15) is 5.56 Å². The third-order valence-corrected chi connectivity index (χ3v) is 2.64. The van der Waals surface area contributed by atoms with E-state index in [9.17, 15) is 14.5 Å². The monoisotopic (exact) mass is 272 g/mol. The summed E-state index contributed by atoms with van der Waals surface area (Å²) in [6, 6.07) is 9.74. The number of anilines is 3. The van der Waals surface area contributed by atoms with Gasteiger partial charge in [0.1, 0.15) is 17.4 Å². The molecule has 3 N–H and O–H groups in total. The maximum Gasteiger partial charge on any atom is 0.271 e. The van der Waals surface area contributed by atoms with E-state index < -0.39 is 10.7 Å². The van der Waals surface area contributed by atoms with Crippen molar-refractivity contribution in [2.24, 2.45) is 0 Å². The predicted octanol–water partition coefficient (Wildman–Crippen LogP) is 2.93. The summed E-state index contributed by atoms with van der Waals surface area (Å²) in [6.45, 7) is 0. The molecule has 0 aliphatic rings. The lowest BCUT2D eigenvalue weighted by Crippen LogP contribution is -2.00. The Labute approximate surface area is 113 Å². The minimum absolute atomic E-state index is 0.132. The Morgan fingerprint density at radius 1 is 1.30 bits per heavy atom. The number of nitrogens with two attached hydrogens (primary N) is 1. The zero-order valence-electron chi connectivity index (χ0n) is 10.1. The van der Waals surface area contributed by atoms with Gasteiger partial charge < -0.3 is 11.1 Å². The molecular weight excluding hydrogens is 263 g/mol. The van der Waals surface area contributed by atoms with Gasteiger partial charge in [-0.25, -0.2) is 4.39 Å². The van der Waals surface area contributed by atoms with Crippen molar-refractivity contribution < 1.29 is 9.31 Å². The van der Waals surface area contributed by atoms with Crippen LogP contribution in [0.3, 0.4) is 0 Å². The molecule has 0 heterocycles. The summed E-state index contributed by atoms with van der Waals surface area (Å²) in [4.78, 5) is 10.0. The lowest BCUT2D eigenvalue weighted by molar-refractivity contribution is -0.384. The van der Waals surface area contributed by atoms with Crippen LogP contribution in [-0.2, 0) is 0 Å². The van der Waals surface area contributed by atoms with E-state index in [4.69, 9.17) is 11.0 Å². The van der Waals surface area contributed by atoms with Crippen LogP contribution in [0, 0.1) is 27.3 Å². The molecule has 20 heavy (non-hydrogen) atoms. The van der Waals surface area contributed by atoms with Crippen LogP contribution in [0.5, 0.6) is 0 Å². The van der Waals surface area contributed by atoms with Crippen molar-refractivity contribution in [2.45, 2.75) is 0 Å². The van der Waals surface area contributed by atoms with Crippen LogP contribution in [-0.4, -0.2) is 4.92 Å². The van der Waals surface area contributed by atoms with Crippen molar-refractivity contribution in [1.29, 1.82) is 5.26 Å². The topological polar surface area (TPSA) is 105 Å². The normalized spacial score (nSPS) is 9.80. The van der Waals surface area contributed by atoms with E-state index in [1.165, 1.54) is 36.4 Å². The molecule has 0 unspecified atom stereocenters. The molecule has 0 spiro atoms. The molecule has 0 bridgehead atoms. The number of halogens is 1. The molecule has 0 aliphatic heterocycles. The first-order valence-corrected chi connectivity index (χ1v) is 5.52. The molecule has 100 valence electrons. The van der Waals surface area contributed by atoms with Gasteiger partial charge in [0.25, 0.3) is 5.69 Å². The Morgan fingerprint density at radius 3 is 2.65 bits per heavy atom. The molecule has 0 fully saturated rings. The van der Waals surface area contributed by atoms with E-state index in [1.54, 1.807) is 6.07 Å². The number of nitro groups is 1. The molecule has 0 radical (unpaired) electrons. The molecule has 0 aliphatic carbocycles. The summed E-state index contributed by atoms with van der Waals surface area (Å²) in [5.41, 5.74) is 6.13. The highest BCUT2D eigenvalue weighted by molar-refractivity contribution is 5.76. The first-order valence-electron chi connectivity index (χ1n) is 5.52. The fraction of sp³-hybridized carbons (Fsp3) is 0. The molecule has 2 aromatic carbocycles. The lowest BCUT2D eigenvalue weighted by Gasteiger charge is -2.10. The zero-order valence-corrected chi connectivity index (χ0v) is 10.1. The van der Waals surface area contributed by atoms with Crippen LogP contribution in [0.4, 0.5) is 27.1 Å². The maximum atomic E-state index is 13.4. The van der Waals surface area contributed by atoms with Crippen molar-refractivity contribution >= 4 is 22.7 Å². The standard InChI is InChI=1S/C13H9FN4O2/c14-10-2-1-3-12(9(10)7-15)17-13-5-4-8(18(19)20)6-11(13)16/h1-6,17H,16H2. The number of nitrogen functional groups attached to an aromatic ring is 1. The summed E-state index contributed by atoms with van der Waals surface area (Å²) in [5, 5.41) is 22.3. The number of nitro benzene ring substituents is 1. The number of nitrogens with one attached hydrogen (secondary N) is 1. The first-order chi connectivity index (χ1) is 9.52. The maximum absolute atomic E-state index is 13.4. The molecule has 0 saturated heterocycles. The molecule has 0 aromatic heterocycles. The molecule has 2 rings (SSSR count). The van der Waals surface area contributed by atoms with Gasteiger partial charge in [0.05, 0.1) is 22.0 Å². The van der Waals surface area contributed by atoms with Gasteiger partial charge in [-0.15, -0.1) is 0 Å². The third kappa shape index (κ3) is 2.49. The van der Waals surface area contributed by atoms with Crippen LogP contribution < -0.4 is 11.1 Å². The Hall–Kier alpha value is -3.14. The van der Waals surface area contributed by atoms with E-state index in [0.29, 0.717) is 5.69 Å². The summed E-state index contributed by atoms with van der Waals surface area (Å²) in [6.07, 6.45) is 0. The number of benzene rings is 2. The minimum atomic E-state index is -0.655. The highest BCUT2D eigenvalue weighted by Gasteiger charge is 2.12. The first kappa shape index (κ1) is 13.3. The molecule has 0 amide bonds. The molecule has 7 heteroatoms. The second kappa shape index (κ2) is 5.24. The van der Waals surface area contributed by atoms with Gasteiger partial charge in [-0.2, -0.15) is 5.26 Å². The SMILES string of the molecule is N#Cc1c(F)cccc1Nc1ccc([N+](=O)[O-])cc1N. The van der Waals surface area contributed by atoms with Gasteiger partial charge in [-0.05, 0) is 18.2 Å². The number of non-ortho nitro benzene ring substituents is 1.